The fraction of sp³-hybridized carbons (Fsp3) is 0.545. The van der Waals surface area contributed by atoms with Crippen molar-refractivity contribution in [1.82, 2.24) is 4.98 Å². The molecule has 1 fully saturated rings. The minimum atomic E-state index is 0.556. The normalized spacial score (nSPS) is 18.9. The Labute approximate surface area is 89.3 Å². The molecular weight excluding hydrogens is 192 g/mol. The maximum Gasteiger partial charge on any atom is 0.0638 e. The molecule has 0 saturated heterocycles. The summed E-state index contributed by atoms with van der Waals surface area (Å²) in [6, 6.07) is 2.00. The highest BCUT2D eigenvalue weighted by atomic mass is 32.2. The first kappa shape index (κ1) is 9.84. The number of nitrogens with two attached hydrogens (primary N) is 1. The number of pyridine rings is 1. The van der Waals surface area contributed by atoms with E-state index in [0.29, 0.717) is 5.41 Å². The van der Waals surface area contributed by atoms with Crippen LogP contribution in [-0.2, 0) is 0 Å². The van der Waals surface area contributed by atoms with Gasteiger partial charge in [-0.2, -0.15) is 0 Å². The van der Waals surface area contributed by atoms with E-state index >= 15 is 0 Å². The first-order valence-corrected chi connectivity index (χ1v) is 6.00. The highest BCUT2D eigenvalue weighted by Gasteiger charge is 2.31. The van der Waals surface area contributed by atoms with Crippen molar-refractivity contribution in [2.45, 2.75) is 31.1 Å². The van der Waals surface area contributed by atoms with Gasteiger partial charge in [0.15, 0.2) is 0 Å². The number of hydrogen-bond donors (Lipinski definition) is 1. The van der Waals surface area contributed by atoms with Gasteiger partial charge in [-0.25, -0.2) is 0 Å². The van der Waals surface area contributed by atoms with Crippen LogP contribution in [0.25, 0.3) is 0 Å². The average Bonchev–Trinajstić information content (AvgIpc) is 2.14. The molecule has 0 unspecified atom stereocenters. The van der Waals surface area contributed by atoms with Crippen molar-refractivity contribution in [2.75, 3.05) is 11.5 Å². The van der Waals surface area contributed by atoms with E-state index in [0.717, 1.165) is 5.69 Å². The zero-order valence-electron chi connectivity index (χ0n) is 8.49. The van der Waals surface area contributed by atoms with Gasteiger partial charge in [0.1, 0.15) is 0 Å². The Kier molecular flexibility index (Phi) is 2.68. The van der Waals surface area contributed by atoms with E-state index in [4.69, 9.17) is 5.73 Å². The number of thioether (sulfide) groups is 1. The van der Waals surface area contributed by atoms with Crippen LogP contribution in [0, 0.1) is 5.41 Å². The number of nitrogens with zero attached hydrogens (tertiary/aromatic N) is 1. The summed E-state index contributed by atoms with van der Waals surface area (Å²) >= 11 is 1.86. The molecule has 1 aromatic rings. The molecule has 3 heteroatoms. The van der Waals surface area contributed by atoms with Crippen molar-refractivity contribution in [2.24, 2.45) is 5.41 Å². The van der Waals surface area contributed by atoms with Crippen molar-refractivity contribution in [3.63, 3.8) is 0 Å². The highest BCUT2D eigenvalue weighted by molar-refractivity contribution is 7.99. The van der Waals surface area contributed by atoms with Crippen molar-refractivity contribution in [1.29, 1.82) is 0 Å². The summed E-state index contributed by atoms with van der Waals surface area (Å²) in [5.41, 5.74) is 7.19. The van der Waals surface area contributed by atoms with Gasteiger partial charge in [0, 0.05) is 16.8 Å². The lowest BCUT2D eigenvalue weighted by Gasteiger charge is -2.38. The van der Waals surface area contributed by atoms with Gasteiger partial charge in [-0.05, 0) is 24.3 Å². The first-order valence-electron chi connectivity index (χ1n) is 5.02. The van der Waals surface area contributed by atoms with Crippen LogP contribution in [0.4, 0.5) is 5.69 Å². The predicted octanol–water partition coefficient (Wildman–Crippen LogP) is 2.95. The zero-order valence-corrected chi connectivity index (χ0v) is 9.31. The van der Waals surface area contributed by atoms with Crippen LogP contribution in [-0.4, -0.2) is 10.7 Å². The summed E-state index contributed by atoms with van der Waals surface area (Å²) < 4.78 is 0. The summed E-state index contributed by atoms with van der Waals surface area (Å²) in [6.45, 7) is 2.36. The molecule has 1 heterocycles. The van der Waals surface area contributed by atoms with E-state index in [1.165, 1.54) is 29.9 Å². The van der Waals surface area contributed by atoms with Crippen molar-refractivity contribution < 1.29 is 0 Å². The molecule has 2 rings (SSSR count). The molecule has 1 aliphatic rings. The maximum atomic E-state index is 5.83. The molecule has 0 radical (unpaired) electrons. The maximum absolute atomic E-state index is 5.83. The number of hydrogen-bond acceptors (Lipinski definition) is 3. The molecule has 0 aromatic carbocycles. The topological polar surface area (TPSA) is 38.9 Å². The van der Waals surface area contributed by atoms with Crippen molar-refractivity contribution in [3.8, 4) is 0 Å². The summed E-state index contributed by atoms with van der Waals surface area (Å²) in [6.07, 6.45) is 7.66. The van der Waals surface area contributed by atoms with Crippen LogP contribution in [0.1, 0.15) is 26.2 Å². The van der Waals surface area contributed by atoms with Crippen molar-refractivity contribution in [3.05, 3.63) is 18.5 Å². The third kappa shape index (κ3) is 2.03. The lowest BCUT2D eigenvalue weighted by atomic mass is 9.72. The smallest absolute Gasteiger partial charge is 0.0638 e. The van der Waals surface area contributed by atoms with Crippen LogP contribution in [0.5, 0.6) is 0 Å². The first-order chi connectivity index (χ1) is 6.70. The molecule has 1 aromatic heterocycles. The molecule has 0 bridgehead atoms. The van der Waals surface area contributed by atoms with Gasteiger partial charge >= 0.3 is 0 Å². The quantitative estimate of drug-likeness (QED) is 0.776. The minimum absolute atomic E-state index is 0.556. The highest BCUT2D eigenvalue weighted by Crippen LogP contribution is 2.44. The summed E-state index contributed by atoms with van der Waals surface area (Å²) in [5.74, 6) is 1.18. The molecule has 2 nitrogen and oxygen atoms in total. The molecule has 0 atom stereocenters. The number of aromatic nitrogens is 1. The fourth-order valence-electron chi connectivity index (χ4n) is 1.70. The number of rotatable bonds is 3. The van der Waals surface area contributed by atoms with E-state index in [-0.39, 0.29) is 0 Å². The largest absolute Gasteiger partial charge is 0.397 e. The predicted molar refractivity (Wildman–Crippen MR) is 61.3 cm³/mol. The van der Waals surface area contributed by atoms with Gasteiger partial charge in [0.05, 0.1) is 11.9 Å². The number of nitrogen functional groups attached to an aromatic ring is 1. The lowest BCUT2D eigenvalue weighted by molar-refractivity contribution is 0.197. The van der Waals surface area contributed by atoms with Crippen LogP contribution in [0.15, 0.2) is 23.4 Å². The SMILES string of the molecule is CC1(CSc2ccncc2N)CCC1. The van der Waals surface area contributed by atoms with Gasteiger partial charge in [-0.15, -0.1) is 11.8 Å². The Morgan fingerprint density at radius 2 is 2.36 bits per heavy atom. The molecule has 1 saturated carbocycles. The second-order valence-electron chi connectivity index (χ2n) is 4.37. The Hall–Kier alpha value is -0.700. The second kappa shape index (κ2) is 3.81. The average molecular weight is 208 g/mol. The Bertz CT molecular complexity index is 321. The Morgan fingerprint density at radius 3 is 2.93 bits per heavy atom. The van der Waals surface area contributed by atoms with E-state index in [1.807, 2.05) is 24.0 Å². The lowest BCUT2D eigenvalue weighted by Crippen LogP contribution is -2.27. The van der Waals surface area contributed by atoms with Gasteiger partial charge in [0.2, 0.25) is 0 Å². The molecule has 2 N–H and O–H groups in total. The summed E-state index contributed by atoms with van der Waals surface area (Å²) in [7, 11) is 0. The monoisotopic (exact) mass is 208 g/mol. The van der Waals surface area contributed by atoms with E-state index in [2.05, 4.69) is 11.9 Å². The van der Waals surface area contributed by atoms with Gasteiger partial charge < -0.3 is 5.73 Å². The fourth-order valence-corrected chi connectivity index (χ4v) is 2.87. The summed E-state index contributed by atoms with van der Waals surface area (Å²) in [4.78, 5) is 5.16. The number of anilines is 1. The van der Waals surface area contributed by atoms with Crippen molar-refractivity contribution >= 4 is 17.4 Å². The molecule has 1 aliphatic carbocycles. The van der Waals surface area contributed by atoms with Crippen LogP contribution < -0.4 is 5.73 Å². The van der Waals surface area contributed by atoms with E-state index < -0.39 is 0 Å². The van der Waals surface area contributed by atoms with Crippen LogP contribution in [0.3, 0.4) is 0 Å². The second-order valence-corrected chi connectivity index (χ2v) is 5.38. The van der Waals surface area contributed by atoms with Gasteiger partial charge in [-0.1, -0.05) is 13.3 Å². The van der Waals surface area contributed by atoms with Crippen LogP contribution >= 0.6 is 11.8 Å². The Morgan fingerprint density at radius 1 is 1.57 bits per heavy atom. The molecule has 14 heavy (non-hydrogen) atoms. The minimum Gasteiger partial charge on any atom is -0.397 e. The van der Waals surface area contributed by atoms with Gasteiger partial charge in [0.25, 0.3) is 0 Å². The molecule has 0 spiro atoms. The standard InChI is InChI=1S/C11H16N2S/c1-11(4-2-5-11)8-14-10-3-6-13-7-9(10)12/h3,6-7H,2,4-5,8,12H2,1H3. The zero-order chi connectivity index (χ0) is 10.0. The van der Waals surface area contributed by atoms with Crippen LogP contribution in [0.2, 0.25) is 0 Å². The third-order valence-corrected chi connectivity index (χ3v) is 4.47. The summed E-state index contributed by atoms with van der Waals surface area (Å²) in [5, 5.41) is 0. The van der Waals surface area contributed by atoms with E-state index in [9.17, 15) is 0 Å². The molecule has 0 aliphatic heterocycles. The molecule has 76 valence electrons. The third-order valence-electron chi connectivity index (χ3n) is 2.95. The Balaban J connectivity index is 1.95. The molecule has 0 amide bonds. The molecular formula is C11H16N2S. The van der Waals surface area contributed by atoms with E-state index in [1.54, 1.807) is 6.20 Å². The van der Waals surface area contributed by atoms with Gasteiger partial charge in [-0.3, -0.25) is 4.98 Å².